The summed E-state index contributed by atoms with van der Waals surface area (Å²) in [4.78, 5) is 47.4. The first kappa shape index (κ1) is 21.4. The standard InChI is InChI=1S/C23H23N5O4/c1-15-2-4-16(5-3-15)26-22(30)20-21(25-11-10-24-20)23(31)27-17-6-8-18(9-7-17)28-12-13-32-14-19(28)29/h2-6,8,10-11H,7,9,12-14H2,1H3,(H,26,30)(H,27,31). The van der Waals surface area contributed by atoms with E-state index in [4.69, 9.17) is 4.74 Å². The van der Waals surface area contributed by atoms with Gasteiger partial charge in [-0.2, -0.15) is 0 Å². The fourth-order valence-corrected chi connectivity index (χ4v) is 3.48. The van der Waals surface area contributed by atoms with Gasteiger partial charge in [0.15, 0.2) is 11.4 Å². The molecule has 0 saturated carbocycles. The highest BCUT2D eigenvalue weighted by atomic mass is 16.5. The van der Waals surface area contributed by atoms with Gasteiger partial charge in [-0.15, -0.1) is 0 Å². The minimum Gasteiger partial charge on any atom is -0.370 e. The van der Waals surface area contributed by atoms with Crippen LogP contribution < -0.4 is 10.6 Å². The number of aromatic nitrogens is 2. The second-order valence-corrected chi connectivity index (χ2v) is 7.48. The van der Waals surface area contributed by atoms with Gasteiger partial charge in [-0.25, -0.2) is 9.97 Å². The van der Waals surface area contributed by atoms with E-state index in [1.165, 1.54) is 12.4 Å². The van der Waals surface area contributed by atoms with Crippen LogP contribution in [0, 0.1) is 6.92 Å². The van der Waals surface area contributed by atoms with Crippen molar-refractivity contribution in [2.45, 2.75) is 19.8 Å². The van der Waals surface area contributed by atoms with E-state index in [9.17, 15) is 14.4 Å². The third-order valence-corrected chi connectivity index (χ3v) is 5.17. The Morgan fingerprint density at radius 3 is 2.28 bits per heavy atom. The van der Waals surface area contributed by atoms with Crippen LogP contribution in [0.15, 0.2) is 60.2 Å². The number of anilines is 1. The molecule has 1 aliphatic heterocycles. The van der Waals surface area contributed by atoms with Crippen molar-refractivity contribution in [3.63, 3.8) is 0 Å². The molecule has 9 heteroatoms. The molecule has 164 valence electrons. The number of ether oxygens (including phenoxy) is 1. The van der Waals surface area contributed by atoms with Crippen LogP contribution in [-0.4, -0.2) is 52.3 Å². The lowest BCUT2D eigenvalue weighted by molar-refractivity contribution is -0.140. The number of nitrogens with zero attached hydrogens (tertiary/aromatic N) is 3. The van der Waals surface area contributed by atoms with Gasteiger partial charge in [0.1, 0.15) is 6.61 Å². The minimum atomic E-state index is -0.516. The highest BCUT2D eigenvalue weighted by Gasteiger charge is 2.25. The molecule has 1 saturated heterocycles. The van der Waals surface area contributed by atoms with E-state index in [1.807, 2.05) is 25.1 Å². The number of rotatable bonds is 5. The van der Waals surface area contributed by atoms with Crippen LogP contribution in [0.25, 0.3) is 0 Å². The molecule has 2 N–H and O–H groups in total. The lowest BCUT2D eigenvalue weighted by Gasteiger charge is -2.30. The average molecular weight is 433 g/mol. The Hall–Kier alpha value is -3.85. The number of morpholine rings is 1. The third-order valence-electron chi connectivity index (χ3n) is 5.17. The quantitative estimate of drug-likeness (QED) is 0.747. The number of aryl methyl sites for hydroxylation is 1. The maximum absolute atomic E-state index is 12.8. The van der Waals surface area contributed by atoms with Gasteiger partial charge >= 0.3 is 0 Å². The van der Waals surface area contributed by atoms with Crippen LogP contribution in [0.2, 0.25) is 0 Å². The lowest BCUT2D eigenvalue weighted by atomic mass is 10.1. The summed E-state index contributed by atoms with van der Waals surface area (Å²) in [5.74, 6) is -1.09. The minimum absolute atomic E-state index is 0.0582. The Bertz CT molecular complexity index is 1110. The molecule has 1 aromatic carbocycles. The van der Waals surface area contributed by atoms with Crippen LogP contribution in [0.4, 0.5) is 5.69 Å². The molecule has 1 aliphatic carbocycles. The molecule has 0 unspecified atom stereocenters. The molecular formula is C23H23N5O4. The van der Waals surface area contributed by atoms with Crippen molar-refractivity contribution in [1.29, 1.82) is 0 Å². The fourth-order valence-electron chi connectivity index (χ4n) is 3.48. The first-order chi connectivity index (χ1) is 15.5. The van der Waals surface area contributed by atoms with Crippen molar-refractivity contribution in [2.24, 2.45) is 0 Å². The molecule has 0 bridgehead atoms. The molecule has 4 rings (SSSR count). The number of hydrogen-bond donors (Lipinski definition) is 2. The van der Waals surface area contributed by atoms with Crippen molar-refractivity contribution in [1.82, 2.24) is 20.2 Å². The predicted molar refractivity (Wildman–Crippen MR) is 117 cm³/mol. The highest BCUT2D eigenvalue weighted by molar-refractivity contribution is 6.10. The van der Waals surface area contributed by atoms with Crippen molar-refractivity contribution >= 4 is 23.4 Å². The summed E-state index contributed by atoms with van der Waals surface area (Å²) >= 11 is 0. The Balaban J connectivity index is 1.45. The Morgan fingerprint density at radius 1 is 0.969 bits per heavy atom. The third kappa shape index (κ3) is 4.89. The molecule has 1 fully saturated rings. The van der Waals surface area contributed by atoms with Gasteiger partial charge in [-0.05, 0) is 44.1 Å². The molecule has 2 heterocycles. The number of allylic oxidation sites excluding steroid dienone is 4. The summed E-state index contributed by atoms with van der Waals surface area (Å²) in [6.45, 7) is 3.08. The number of hydrogen-bond acceptors (Lipinski definition) is 6. The number of carbonyl (C=O) groups is 3. The summed E-state index contributed by atoms with van der Waals surface area (Å²) in [5.41, 5.74) is 3.12. The van der Waals surface area contributed by atoms with Gasteiger partial charge in [0.25, 0.3) is 17.7 Å². The van der Waals surface area contributed by atoms with Gasteiger partial charge in [-0.1, -0.05) is 17.7 Å². The summed E-state index contributed by atoms with van der Waals surface area (Å²) in [6.07, 6.45) is 7.49. The van der Waals surface area contributed by atoms with E-state index < -0.39 is 11.8 Å². The largest absolute Gasteiger partial charge is 0.370 e. The second-order valence-electron chi connectivity index (χ2n) is 7.48. The van der Waals surface area contributed by atoms with Crippen molar-refractivity contribution in [2.75, 3.05) is 25.1 Å². The second kappa shape index (κ2) is 9.52. The predicted octanol–water partition coefficient (Wildman–Crippen LogP) is 2.19. The summed E-state index contributed by atoms with van der Waals surface area (Å²) < 4.78 is 5.16. The fraction of sp³-hybridized carbons (Fsp3) is 0.261. The first-order valence-corrected chi connectivity index (χ1v) is 10.3. The highest BCUT2D eigenvalue weighted by Crippen LogP contribution is 2.22. The van der Waals surface area contributed by atoms with Crippen LogP contribution >= 0.6 is 0 Å². The molecule has 0 atom stereocenters. The monoisotopic (exact) mass is 433 g/mol. The first-order valence-electron chi connectivity index (χ1n) is 10.3. The van der Waals surface area contributed by atoms with Crippen LogP contribution in [0.3, 0.4) is 0 Å². The maximum Gasteiger partial charge on any atom is 0.276 e. The summed E-state index contributed by atoms with van der Waals surface area (Å²) in [5, 5.41) is 5.54. The van der Waals surface area contributed by atoms with Gasteiger partial charge in [0.05, 0.1) is 6.61 Å². The van der Waals surface area contributed by atoms with E-state index in [0.29, 0.717) is 37.4 Å². The Morgan fingerprint density at radius 2 is 1.66 bits per heavy atom. The molecule has 0 spiro atoms. The topological polar surface area (TPSA) is 114 Å². The molecule has 2 aromatic rings. The zero-order valence-electron chi connectivity index (χ0n) is 17.6. The number of benzene rings is 1. The van der Waals surface area contributed by atoms with E-state index >= 15 is 0 Å². The Labute approximate surface area is 185 Å². The van der Waals surface area contributed by atoms with Gasteiger partial charge in [-0.3, -0.25) is 14.4 Å². The SMILES string of the molecule is Cc1ccc(NC(=O)c2nccnc2C(=O)NC2=CC=C(N3CCOCC3=O)CC2)cc1. The number of nitrogens with one attached hydrogen (secondary N) is 2. The van der Waals surface area contributed by atoms with Crippen molar-refractivity contribution < 1.29 is 19.1 Å². The molecule has 3 amide bonds. The molecular weight excluding hydrogens is 410 g/mol. The van der Waals surface area contributed by atoms with Crippen LogP contribution in [0.1, 0.15) is 39.4 Å². The summed E-state index contributed by atoms with van der Waals surface area (Å²) in [6, 6.07) is 7.31. The van der Waals surface area contributed by atoms with E-state index in [2.05, 4.69) is 20.6 Å². The van der Waals surface area contributed by atoms with E-state index in [1.54, 1.807) is 23.1 Å². The zero-order valence-corrected chi connectivity index (χ0v) is 17.6. The van der Waals surface area contributed by atoms with Crippen LogP contribution in [0.5, 0.6) is 0 Å². The summed E-state index contributed by atoms with van der Waals surface area (Å²) in [7, 11) is 0. The van der Waals surface area contributed by atoms with E-state index in [0.717, 1.165) is 11.3 Å². The van der Waals surface area contributed by atoms with Crippen molar-refractivity contribution in [3.8, 4) is 0 Å². The molecule has 9 nitrogen and oxygen atoms in total. The molecule has 1 aromatic heterocycles. The maximum atomic E-state index is 12.8. The number of amides is 3. The van der Waals surface area contributed by atoms with Gasteiger partial charge in [0.2, 0.25) is 0 Å². The van der Waals surface area contributed by atoms with Gasteiger partial charge < -0.3 is 20.3 Å². The normalized spacial score (nSPS) is 16.2. The number of carbonyl (C=O) groups excluding carboxylic acids is 3. The molecule has 2 aliphatic rings. The smallest absolute Gasteiger partial charge is 0.276 e. The zero-order chi connectivity index (χ0) is 22.5. The molecule has 32 heavy (non-hydrogen) atoms. The van der Waals surface area contributed by atoms with Crippen LogP contribution in [-0.2, 0) is 9.53 Å². The van der Waals surface area contributed by atoms with Crippen molar-refractivity contribution in [3.05, 3.63) is 77.2 Å². The average Bonchev–Trinajstić information content (AvgIpc) is 2.81. The van der Waals surface area contributed by atoms with Gasteiger partial charge in [0, 0.05) is 36.0 Å². The molecule has 0 radical (unpaired) electrons. The van der Waals surface area contributed by atoms with E-state index in [-0.39, 0.29) is 23.9 Å². The lowest BCUT2D eigenvalue weighted by Crippen LogP contribution is -2.41. The Kier molecular flexibility index (Phi) is 6.37.